The molecule has 1 aromatic heterocycles. The van der Waals surface area contributed by atoms with Gasteiger partial charge in [-0.25, -0.2) is 4.68 Å². The lowest BCUT2D eigenvalue weighted by atomic mass is 10.1. The Morgan fingerprint density at radius 3 is 2.15 bits per heavy atom. The van der Waals surface area contributed by atoms with E-state index in [1.54, 1.807) is 0 Å². The first-order chi connectivity index (χ1) is 12.7. The van der Waals surface area contributed by atoms with Crippen molar-refractivity contribution in [2.45, 2.75) is 12.7 Å². The summed E-state index contributed by atoms with van der Waals surface area (Å²) in [6.07, 6.45) is -4.43. The van der Waals surface area contributed by atoms with Gasteiger partial charge in [-0.15, -0.1) is 0 Å². The number of non-ortho nitro benzene ring substituents is 1. The van der Waals surface area contributed by atoms with E-state index in [2.05, 4.69) is 5.10 Å². The van der Waals surface area contributed by atoms with E-state index in [4.69, 9.17) is 0 Å². The zero-order valence-corrected chi connectivity index (χ0v) is 13.7. The smallest absolute Gasteiger partial charge is 0.268 e. The average molecular weight is 375 g/mol. The highest BCUT2D eigenvalue weighted by atomic mass is 19.4. The van der Waals surface area contributed by atoms with Gasteiger partial charge in [0, 0.05) is 23.8 Å². The number of rotatable bonds is 4. The first kappa shape index (κ1) is 18.3. The Hall–Kier alpha value is -3.49. The van der Waals surface area contributed by atoms with E-state index in [0.717, 1.165) is 16.8 Å². The van der Waals surface area contributed by atoms with Crippen molar-refractivity contribution in [2.24, 2.45) is 0 Å². The Balaban J connectivity index is 1.87. The Labute approximate surface area is 150 Å². The highest BCUT2D eigenvalue weighted by Crippen LogP contribution is 2.29. The van der Waals surface area contributed by atoms with Gasteiger partial charge in [0.25, 0.3) is 11.2 Å². The van der Waals surface area contributed by atoms with Gasteiger partial charge in [0.15, 0.2) is 0 Å². The van der Waals surface area contributed by atoms with Crippen LogP contribution >= 0.6 is 0 Å². The van der Waals surface area contributed by atoms with Crippen molar-refractivity contribution < 1.29 is 18.1 Å². The summed E-state index contributed by atoms with van der Waals surface area (Å²) in [5.74, 6) is 0. The Morgan fingerprint density at radius 2 is 1.59 bits per heavy atom. The second-order valence-electron chi connectivity index (χ2n) is 5.71. The van der Waals surface area contributed by atoms with Crippen LogP contribution in [-0.4, -0.2) is 14.7 Å². The number of hydrogen-bond donors (Lipinski definition) is 0. The summed E-state index contributed by atoms with van der Waals surface area (Å²) in [5.41, 5.74) is 0.209. The van der Waals surface area contributed by atoms with Crippen LogP contribution in [0.15, 0.2) is 65.5 Å². The van der Waals surface area contributed by atoms with Gasteiger partial charge in [-0.3, -0.25) is 14.9 Å². The van der Waals surface area contributed by atoms with Gasteiger partial charge < -0.3 is 0 Å². The van der Waals surface area contributed by atoms with Crippen LogP contribution in [0.3, 0.4) is 0 Å². The van der Waals surface area contributed by atoms with Crippen molar-refractivity contribution in [1.82, 2.24) is 9.78 Å². The molecule has 1 heterocycles. The molecule has 0 saturated heterocycles. The molecule has 0 radical (unpaired) electrons. The van der Waals surface area contributed by atoms with Crippen LogP contribution in [0.2, 0.25) is 0 Å². The summed E-state index contributed by atoms with van der Waals surface area (Å²) in [7, 11) is 0. The minimum Gasteiger partial charge on any atom is -0.268 e. The van der Waals surface area contributed by atoms with Crippen molar-refractivity contribution in [3.63, 3.8) is 0 Å². The standard InChI is InChI=1S/C18H12F3N3O3/c19-18(20,21)14-5-1-12(2-6-14)11-23-17(25)10-9-16(22-23)13-3-7-15(8-4-13)24(26)27/h1-10H,11H2. The largest absolute Gasteiger partial charge is 0.416 e. The van der Waals surface area contributed by atoms with Gasteiger partial charge in [0.1, 0.15) is 0 Å². The Morgan fingerprint density at radius 1 is 0.963 bits per heavy atom. The predicted octanol–water partition coefficient (Wildman–Crippen LogP) is 3.89. The molecule has 0 N–H and O–H groups in total. The molecular formula is C18H12F3N3O3. The molecular weight excluding hydrogens is 363 g/mol. The fraction of sp³-hybridized carbons (Fsp3) is 0.111. The van der Waals surface area contributed by atoms with Crippen molar-refractivity contribution >= 4 is 5.69 Å². The van der Waals surface area contributed by atoms with Gasteiger partial charge in [-0.05, 0) is 35.9 Å². The molecule has 3 rings (SSSR count). The van der Waals surface area contributed by atoms with Crippen molar-refractivity contribution in [3.05, 3.63) is 92.3 Å². The monoisotopic (exact) mass is 375 g/mol. The predicted molar refractivity (Wildman–Crippen MR) is 91.1 cm³/mol. The van der Waals surface area contributed by atoms with Crippen LogP contribution in [-0.2, 0) is 12.7 Å². The maximum atomic E-state index is 12.6. The van der Waals surface area contributed by atoms with Gasteiger partial charge in [-0.1, -0.05) is 12.1 Å². The molecule has 2 aromatic carbocycles. The van der Waals surface area contributed by atoms with Gasteiger partial charge in [0.05, 0.1) is 22.7 Å². The quantitative estimate of drug-likeness (QED) is 0.512. The van der Waals surface area contributed by atoms with Crippen LogP contribution in [0.1, 0.15) is 11.1 Å². The molecule has 0 atom stereocenters. The molecule has 0 bridgehead atoms. The van der Waals surface area contributed by atoms with Crippen molar-refractivity contribution in [3.8, 4) is 11.3 Å². The van der Waals surface area contributed by atoms with Gasteiger partial charge in [0.2, 0.25) is 0 Å². The number of aromatic nitrogens is 2. The number of nitrogens with zero attached hydrogens (tertiary/aromatic N) is 3. The Kier molecular flexibility index (Phi) is 4.76. The molecule has 0 amide bonds. The third-order valence-electron chi connectivity index (χ3n) is 3.85. The third kappa shape index (κ3) is 4.20. The van der Waals surface area contributed by atoms with E-state index in [-0.39, 0.29) is 12.2 Å². The zero-order chi connectivity index (χ0) is 19.6. The van der Waals surface area contributed by atoms with E-state index in [1.807, 2.05) is 0 Å². The van der Waals surface area contributed by atoms with Gasteiger partial charge in [-0.2, -0.15) is 18.3 Å². The summed E-state index contributed by atoms with van der Waals surface area (Å²) in [5, 5.41) is 14.9. The number of nitro benzene ring substituents is 1. The minimum absolute atomic E-state index is 0.00219. The van der Waals surface area contributed by atoms with E-state index in [1.165, 1.54) is 48.5 Å². The molecule has 0 aliphatic carbocycles. The fourth-order valence-electron chi connectivity index (χ4n) is 2.44. The van der Waals surface area contributed by atoms with Crippen molar-refractivity contribution in [2.75, 3.05) is 0 Å². The van der Waals surface area contributed by atoms with Crippen molar-refractivity contribution in [1.29, 1.82) is 0 Å². The molecule has 0 saturated carbocycles. The lowest BCUT2D eigenvalue weighted by Gasteiger charge is -2.09. The molecule has 6 nitrogen and oxygen atoms in total. The molecule has 0 fully saturated rings. The zero-order valence-electron chi connectivity index (χ0n) is 13.7. The molecule has 0 unspecified atom stereocenters. The van der Waals surface area contributed by atoms with Gasteiger partial charge >= 0.3 is 6.18 Å². The van der Waals surface area contributed by atoms with E-state index < -0.39 is 22.2 Å². The summed E-state index contributed by atoms with van der Waals surface area (Å²) in [6, 6.07) is 12.9. The summed E-state index contributed by atoms with van der Waals surface area (Å²) >= 11 is 0. The first-order valence-electron chi connectivity index (χ1n) is 7.73. The number of benzene rings is 2. The lowest BCUT2D eigenvalue weighted by molar-refractivity contribution is -0.384. The second-order valence-corrected chi connectivity index (χ2v) is 5.71. The van der Waals surface area contributed by atoms with Crippen LogP contribution in [0, 0.1) is 10.1 Å². The topological polar surface area (TPSA) is 78.0 Å². The fourth-order valence-corrected chi connectivity index (χ4v) is 2.44. The van der Waals surface area contributed by atoms with E-state index >= 15 is 0 Å². The highest BCUT2D eigenvalue weighted by Gasteiger charge is 2.29. The third-order valence-corrected chi connectivity index (χ3v) is 3.85. The maximum Gasteiger partial charge on any atom is 0.416 e. The molecule has 27 heavy (non-hydrogen) atoms. The van der Waals surface area contributed by atoms with E-state index in [9.17, 15) is 28.1 Å². The summed E-state index contributed by atoms with van der Waals surface area (Å²) in [4.78, 5) is 22.2. The molecule has 0 spiro atoms. The summed E-state index contributed by atoms with van der Waals surface area (Å²) in [6.45, 7) is -0.00219. The molecule has 0 aliphatic heterocycles. The number of hydrogen-bond acceptors (Lipinski definition) is 4. The van der Waals surface area contributed by atoms with Crippen LogP contribution in [0.5, 0.6) is 0 Å². The molecule has 0 aliphatic rings. The average Bonchev–Trinajstić information content (AvgIpc) is 2.63. The first-order valence-corrected chi connectivity index (χ1v) is 7.73. The minimum atomic E-state index is -4.43. The Bertz CT molecular complexity index is 1030. The van der Waals surface area contributed by atoms with Crippen LogP contribution < -0.4 is 5.56 Å². The number of halogens is 3. The second kappa shape index (κ2) is 7.02. The maximum absolute atomic E-state index is 12.6. The normalized spacial score (nSPS) is 11.4. The summed E-state index contributed by atoms with van der Waals surface area (Å²) < 4.78 is 39.0. The molecule has 3 aromatic rings. The lowest BCUT2D eigenvalue weighted by Crippen LogP contribution is -2.22. The van der Waals surface area contributed by atoms with Crippen LogP contribution in [0.25, 0.3) is 11.3 Å². The number of nitro groups is 1. The molecule has 138 valence electrons. The molecule has 9 heteroatoms. The highest BCUT2D eigenvalue weighted by molar-refractivity contribution is 5.60. The van der Waals surface area contributed by atoms with Crippen LogP contribution in [0.4, 0.5) is 18.9 Å². The number of alkyl halides is 3. The SMILES string of the molecule is O=c1ccc(-c2ccc([N+](=O)[O-])cc2)nn1Cc1ccc(C(F)(F)F)cc1. The van der Waals surface area contributed by atoms with E-state index in [0.29, 0.717) is 16.8 Å².